The zero-order chi connectivity index (χ0) is 20.1. The summed E-state index contributed by atoms with van der Waals surface area (Å²) in [6.45, 7) is 2.01. The number of halogens is 2. The number of nitrogens with one attached hydrogen (secondary N) is 1. The van der Waals surface area contributed by atoms with Crippen LogP contribution >= 0.6 is 27.5 Å². The maximum absolute atomic E-state index is 12.6. The van der Waals surface area contributed by atoms with Crippen LogP contribution in [-0.4, -0.2) is 57.1 Å². The summed E-state index contributed by atoms with van der Waals surface area (Å²) in [7, 11) is -3.44. The number of para-hydroxylation sites is 1. The predicted octanol–water partition coefficient (Wildman–Crippen LogP) is 2.98. The van der Waals surface area contributed by atoms with Crippen molar-refractivity contribution in [2.45, 2.75) is 0 Å². The number of benzene rings is 2. The predicted molar refractivity (Wildman–Crippen MR) is 116 cm³/mol. The lowest BCUT2D eigenvalue weighted by Gasteiger charge is -2.35. The Balaban J connectivity index is 1.50. The maximum atomic E-state index is 12.6. The van der Waals surface area contributed by atoms with Gasteiger partial charge in [0.15, 0.2) is 0 Å². The van der Waals surface area contributed by atoms with E-state index < -0.39 is 10.0 Å². The molecule has 28 heavy (non-hydrogen) atoms. The number of anilines is 1. The van der Waals surface area contributed by atoms with E-state index >= 15 is 0 Å². The minimum absolute atomic E-state index is 0.0679. The van der Waals surface area contributed by atoms with Crippen molar-refractivity contribution in [1.82, 2.24) is 9.62 Å². The first kappa shape index (κ1) is 21.1. The van der Waals surface area contributed by atoms with Crippen LogP contribution in [0, 0.1) is 0 Å². The SMILES string of the molecule is O=C(NCCS(=O)(=O)N1CCN(c2ccccc2Cl)CC1)c1cccc(Br)c1. The summed E-state index contributed by atoms with van der Waals surface area (Å²) in [6.07, 6.45) is 0. The Morgan fingerprint density at radius 1 is 1.07 bits per heavy atom. The molecule has 0 atom stereocenters. The molecular formula is C19H21BrClN3O3S. The molecule has 1 heterocycles. The van der Waals surface area contributed by atoms with Gasteiger partial charge in [0.05, 0.1) is 16.5 Å². The molecular weight excluding hydrogens is 466 g/mol. The fourth-order valence-corrected chi connectivity index (χ4v) is 5.06. The van der Waals surface area contributed by atoms with E-state index in [2.05, 4.69) is 26.1 Å². The zero-order valence-corrected chi connectivity index (χ0v) is 18.3. The summed E-state index contributed by atoms with van der Waals surface area (Å²) in [5.41, 5.74) is 1.41. The summed E-state index contributed by atoms with van der Waals surface area (Å²) >= 11 is 9.54. The number of amides is 1. The second-order valence-corrected chi connectivity index (χ2v) is 9.83. The van der Waals surface area contributed by atoms with Crippen LogP contribution in [0.15, 0.2) is 53.0 Å². The van der Waals surface area contributed by atoms with E-state index in [1.807, 2.05) is 30.3 Å². The van der Waals surface area contributed by atoms with Crippen molar-refractivity contribution in [3.8, 4) is 0 Å². The van der Waals surface area contributed by atoms with Gasteiger partial charge < -0.3 is 10.2 Å². The van der Waals surface area contributed by atoms with Crippen LogP contribution in [0.2, 0.25) is 5.02 Å². The van der Waals surface area contributed by atoms with Gasteiger partial charge in [-0.2, -0.15) is 4.31 Å². The van der Waals surface area contributed by atoms with Gasteiger partial charge in [0, 0.05) is 42.8 Å². The van der Waals surface area contributed by atoms with Gasteiger partial charge in [-0.1, -0.05) is 45.7 Å². The third-order valence-electron chi connectivity index (χ3n) is 4.56. The number of carbonyl (C=O) groups excluding carboxylic acids is 1. The van der Waals surface area contributed by atoms with Crippen molar-refractivity contribution in [3.63, 3.8) is 0 Å². The fraction of sp³-hybridized carbons (Fsp3) is 0.316. The Labute approximate surface area is 178 Å². The number of hydrogen-bond donors (Lipinski definition) is 1. The smallest absolute Gasteiger partial charge is 0.251 e. The van der Waals surface area contributed by atoms with Gasteiger partial charge >= 0.3 is 0 Å². The summed E-state index contributed by atoms with van der Waals surface area (Å²) < 4.78 is 27.5. The highest BCUT2D eigenvalue weighted by molar-refractivity contribution is 9.10. The largest absolute Gasteiger partial charge is 0.368 e. The van der Waals surface area contributed by atoms with E-state index in [4.69, 9.17) is 11.6 Å². The minimum Gasteiger partial charge on any atom is -0.368 e. The Bertz CT molecular complexity index is 947. The molecule has 6 nitrogen and oxygen atoms in total. The molecule has 1 N–H and O–H groups in total. The molecule has 150 valence electrons. The van der Waals surface area contributed by atoms with Crippen LogP contribution in [0.5, 0.6) is 0 Å². The molecule has 1 amide bonds. The Hall–Kier alpha value is -1.61. The highest BCUT2D eigenvalue weighted by Gasteiger charge is 2.27. The molecule has 2 aromatic rings. The molecule has 3 rings (SSSR count). The van der Waals surface area contributed by atoms with Gasteiger partial charge in [0.1, 0.15) is 0 Å². The van der Waals surface area contributed by atoms with E-state index in [1.165, 1.54) is 4.31 Å². The molecule has 1 aliphatic heterocycles. The van der Waals surface area contributed by atoms with Gasteiger partial charge in [0.25, 0.3) is 5.91 Å². The second kappa shape index (κ2) is 9.26. The number of carbonyl (C=O) groups is 1. The van der Waals surface area contributed by atoms with Crippen LogP contribution in [0.3, 0.4) is 0 Å². The lowest BCUT2D eigenvalue weighted by Crippen LogP contribution is -2.50. The first-order valence-electron chi connectivity index (χ1n) is 8.88. The van der Waals surface area contributed by atoms with Gasteiger partial charge in [-0.3, -0.25) is 4.79 Å². The van der Waals surface area contributed by atoms with Crippen LogP contribution < -0.4 is 10.2 Å². The van der Waals surface area contributed by atoms with Crippen molar-refractivity contribution < 1.29 is 13.2 Å². The van der Waals surface area contributed by atoms with Crippen molar-refractivity contribution >= 4 is 49.1 Å². The topological polar surface area (TPSA) is 69.7 Å². The van der Waals surface area contributed by atoms with Crippen LogP contribution in [0.1, 0.15) is 10.4 Å². The standard InChI is InChI=1S/C19H21BrClN3O3S/c20-16-5-3-4-15(14-16)19(25)22-8-13-28(26,27)24-11-9-23(10-12-24)18-7-2-1-6-17(18)21/h1-7,14H,8-13H2,(H,22,25). The fourth-order valence-electron chi connectivity index (χ4n) is 3.07. The van der Waals surface area contributed by atoms with E-state index in [0.717, 1.165) is 10.2 Å². The zero-order valence-electron chi connectivity index (χ0n) is 15.1. The molecule has 0 aliphatic carbocycles. The normalized spacial score (nSPS) is 15.4. The monoisotopic (exact) mass is 485 g/mol. The summed E-state index contributed by atoms with van der Waals surface area (Å²) in [5.74, 6) is -0.418. The Morgan fingerprint density at radius 3 is 2.46 bits per heavy atom. The first-order valence-corrected chi connectivity index (χ1v) is 11.7. The second-order valence-electron chi connectivity index (χ2n) is 6.42. The summed E-state index contributed by atoms with van der Waals surface area (Å²) in [6, 6.07) is 14.5. The third-order valence-corrected chi connectivity index (χ3v) is 7.24. The van der Waals surface area contributed by atoms with Crippen LogP contribution in [0.4, 0.5) is 5.69 Å². The van der Waals surface area contributed by atoms with Gasteiger partial charge in [0.2, 0.25) is 10.0 Å². The molecule has 0 spiro atoms. The third kappa shape index (κ3) is 5.26. The Kier molecular flexibility index (Phi) is 6.98. The molecule has 9 heteroatoms. The average Bonchev–Trinajstić information content (AvgIpc) is 2.68. The summed E-state index contributed by atoms with van der Waals surface area (Å²) in [5, 5.41) is 3.33. The number of rotatable bonds is 6. The van der Waals surface area contributed by atoms with E-state index in [1.54, 1.807) is 18.2 Å². The summed E-state index contributed by atoms with van der Waals surface area (Å²) in [4.78, 5) is 14.2. The number of nitrogens with zero attached hydrogens (tertiary/aromatic N) is 2. The first-order chi connectivity index (χ1) is 13.4. The van der Waals surface area contributed by atoms with Gasteiger partial charge in [-0.05, 0) is 30.3 Å². The van der Waals surface area contributed by atoms with Crippen LogP contribution in [-0.2, 0) is 10.0 Å². The van der Waals surface area contributed by atoms with Crippen molar-refractivity contribution in [2.75, 3.05) is 43.4 Å². The number of piperazine rings is 1. The molecule has 0 bridgehead atoms. The molecule has 1 saturated heterocycles. The van der Waals surface area contributed by atoms with Crippen molar-refractivity contribution in [2.24, 2.45) is 0 Å². The molecule has 0 saturated carbocycles. The number of sulfonamides is 1. The molecule has 1 aliphatic rings. The Morgan fingerprint density at radius 2 is 1.79 bits per heavy atom. The molecule has 0 unspecified atom stereocenters. The molecule has 0 radical (unpaired) electrons. The number of hydrogen-bond acceptors (Lipinski definition) is 4. The lowest BCUT2D eigenvalue weighted by molar-refractivity contribution is 0.0956. The lowest BCUT2D eigenvalue weighted by atomic mass is 10.2. The van der Waals surface area contributed by atoms with E-state index in [9.17, 15) is 13.2 Å². The van der Waals surface area contributed by atoms with Crippen molar-refractivity contribution in [3.05, 3.63) is 63.6 Å². The van der Waals surface area contributed by atoms with E-state index in [0.29, 0.717) is 36.8 Å². The highest BCUT2D eigenvalue weighted by atomic mass is 79.9. The van der Waals surface area contributed by atoms with Crippen LogP contribution in [0.25, 0.3) is 0 Å². The molecule has 1 fully saturated rings. The molecule has 0 aromatic heterocycles. The average molecular weight is 487 g/mol. The van der Waals surface area contributed by atoms with E-state index in [-0.39, 0.29) is 18.2 Å². The molecule has 2 aromatic carbocycles. The quantitative estimate of drug-likeness (QED) is 0.681. The highest BCUT2D eigenvalue weighted by Crippen LogP contribution is 2.26. The van der Waals surface area contributed by atoms with Gasteiger partial charge in [-0.25, -0.2) is 8.42 Å². The van der Waals surface area contributed by atoms with Gasteiger partial charge in [-0.15, -0.1) is 0 Å². The van der Waals surface area contributed by atoms with Crippen molar-refractivity contribution in [1.29, 1.82) is 0 Å². The maximum Gasteiger partial charge on any atom is 0.251 e. The minimum atomic E-state index is -3.44.